The van der Waals surface area contributed by atoms with Crippen molar-refractivity contribution in [2.45, 2.75) is 25.4 Å². The Kier molecular flexibility index (Phi) is 3.35. The van der Waals surface area contributed by atoms with Crippen LogP contribution in [0.3, 0.4) is 0 Å². The van der Waals surface area contributed by atoms with Gasteiger partial charge in [0.1, 0.15) is 0 Å². The van der Waals surface area contributed by atoms with Gasteiger partial charge in [0, 0.05) is 17.6 Å². The van der Waals surface area contributed by atoms with E-state index >= 15 is 0 Å². The molecule has 1 atom stereocenters. The Morgan fingerprint density at radius 2 is 1.94 bits per heavy atom. The molecule has 0 amide bonds. The summed E-state index contributed by atoms with van der Waals surface area (Å²) in [5.74, 6) is 0. The number of hydrogen-bond acceptors (Lipinski definition) is 1. The van der Waals surface area contributed by atoms with Gasteiger partial charge < -0.3 is 5.32 Å². The van der Waals surface area contributed by atoms with Crippen molar-refractivity contribution in [3.8, 4) is 0 Å². The summed E-state index contributed by atoms with van der Waals surface area (Å²) >= 11 is 6.02. The van der Waals surface area contributed by atoms with Crippen LogP contribution in [0.25, 0.3) is 0 Å². The van der Waals surface area contributed by atoms with Gasteiger partial charge in [0.25, 0.3) is 0 Å². The van der Waals surface area contributed by atoms with E-state index in [1.165, 1.54) is 23.1 Å². The van der Waals surface area contributed by atoms with Crippen LogP contribution in [-0.2, 0) is 13.0 Å². The minimum absolute atomic E-state index is 0.470. The fourth-order valence-electron chi connectivity index (χ4n) is 2.64. The van der Waals surface area contributed by atoms with E-state index in [-0.39, 0.29) is 0 Å². The summed E-state index contributed by atoms with van der Waals surface area (Å²) in [4.78, 5) is 0. The van der Waals surface area contributed by atoms with Crippen LogP contribution < -0.4 is 5.32 Å². The third kappa shape index (κ3) is 2.43. The van der Waals surface area contributed by atoms with Crippen molar-refractivity contribution in [3.63, 3.8) is 0 Å². The number of fused-ring (bicyclic) bond motifs is 1. The first kappa shape index (κ1) is 11.8. The van der Waals surface area contributed by atoms with Gasteiger partial charge in [-0.3, -0.25) is 0 Å². The van der Waals surface area contributed by atoms with Crippen LogP contribution in [0, 0.1) is 0 Å². The van der Waals surface area contributed by atoms with E-state index in [9.17, 15) is 0 Å². The van der Waals surface area contributed by atoms with E-state index in [1.54, 1.807) is 0 Å². The Hall–Kier alpha value is -1.31. The highest BCUT2D eigenvalue weighted by Gasteiger charge is 2.21. The normalized spacial score (nSPS) is 17.7. The summed E-state index contributed by atoms with van der Waals surface area (Å²) in [6, 6.07) is 17.2. The highest BCUT2D eigenvalue weighted by Crippen LogP contribution is 2.32. The fourth-order valence-corrected chi connectivity index (χ4v) is 2.83. The van der Waals surface area contributed by atoms with Gasteiger partial charge >= 0.3 is 0 Å². The minimum atomic E-state index is 0.470. The van der Waals surface area contributed by atoms with E-state index in [0.29, 0.717) is 6.04 Å². The van der Waals surface area contributed by atoms with Gasteiger partial charge in [0.15, 0.2) is 0 Å². The SMILES string of the molecule is Clc1ccc2c(c1)CCC2NCc1ccccc1. The molecule has 1 N–H and O–H groups in total. The van der Waals surface area contributed by atoms with Crippen LogP contribution in [0.4, 0.5) is 0 Å². The molecule has 0 fully saturated rings. The summed E-state index contributed by atoms with van der Waals surface area (Å²) in [6.45, 7) is 0.924. The van der Waals surface area contributed by atoms with Gasteiger partial charge in [-0.2, -0.15) is 0 Å². The van der Waals surface area contributed by atoms with Crippen molar-refractivity contribution in [2.24, 2.45) is 0 Å². The maximum Gasteiger partial charge on any atom is 0.0408 e. The number of hydrogen-bond donors (Lipinski definition) is 1. The van der Waals surface area contributed by atoms with Gasteiger partial charge in [-0.15, -0.1) is 0 Å². The van der Waals surface area contributed by atoms with E-state index in [2.05, 4.69) is 47.8 Å². The highest BCUT2D eigenvalue weighted by atomic mass is 35.5. The van der Waals surface area contributed by atoms with E-state index < -0.39 is 0 Å². The number of benzene rings is 2. The summed E-state index contributed by atoms with van der Waals surface area (Å²) in [5.41, 5.74) is 4.14. The predicted molar refractivity (Wildman–Crippen MR) is 75.8 cm³/mol. The second-order valence-electron chi connectivity index (χ2n) is 4.80. The lowest BCUT2D eigenvalue weighted by Crippen LogP contribution is -2.18. The molecule has 0 heterocycles. The van der Waals surface area contributed by atoms with Gasteiger partial charge in [0.05, 0.1) is 0 Å². The monoisotopic (exact) mass is 257 g/mol. The Bertz CT molecular complexity index is 536. The first-order valence-corrected chi connectivity index (χ1v) is 6.76. The second kappa shape index (κ2) is 5.13. The summed E-state index contributed by atoms with van der Waals surface area (Å²) in [7, 11) is 0. The third-order valence-corrected chi connectivity index (χ3v) is 3.81. The van der Waals surface area contributed by atoms with Crippen molar-refractivity contribution in [3.05, 3.63) is 70.2 Å². The van der Waals surface area contributed by atoms with Crippen LogP contribution in [0.2, 0.25) is 5.02 Å². The molecule has 0 aliphatic heterocycles. The van der Waals surface area contributed by atoms with Crippen LogP contribution in [0.5, 0.6) is 0 Å². The van der Waals surface area contributed by atoms with Gasteiger partial charge in [-0.1, -0.05) is 48.0 Å². The zero-order chi connectivity index (χ0) is 12.4. The summed E-state index contributed by atoms with van der Waals surface area (Å²) in [5, 5.41) is 4.48. The molecule has 92 valence electrons. The number of aryl methyl sites for hydroxylation is 1. The van der Waals surface area contributed by atoms with Crippen LogP contribution in [0.15, 0.2) is 48.5 Å². The molecule has 1 unspecified atom stereocenters. The standard InChI is InChI=1S/C16H16ClN/c17-14-7-8-15-13(10-14)6-9-16(15)18-11-12-4-2-1-3-5-12/h1-5,7-8,10,16,18H,6,9,11H2. The third-order valence-electron chi connectivity index (χ3n) is 3.58. The Labute approximate surface area is 113 Å². The molecule has 0 radical (unpaired) electrons. The fraction of sp³-hybridized carbons (Fsp3) is 0.250. The lowest BCUT2D eigenvalue weighted by atomic mass is 10.1. The highest BCUT2D eigenvalue weighted by molar-refractivity contribution is 6.30. The average Bonchev–Trinajstić information content (AvgIpc) is 2.80. The topological polar surface area (TPSA) is 12.0 Å². The second-order valence-corrected chi connectivity index (χ2v) is 5.24. The Balaban J connectivity index is 1.70. The van der Waals surface area contributed by atoms with Crippen molar-refractivity contribution in [2.75, 3.05) is 0 Å². The molecule has 0 spiro atoms. The lowest BCUT2D eigenvalue weighted by molar-refractivity contribution is 0.530. The van der Waals surface area contributed by atoms with Gasteiger partial charge in [0.2, 0.25) is 0 Å². The zero-order valence-electron chi connectivity index (χ0n) is 10.2. The van der Waals surface area contributed by atoms with E-state index in [4.69, 9.17) is 11.6 Å². The molecular weight excluding hydrogens is 242 g/mol. The van der Waals surface area contributed by atoms with Crippen LogP contribution in [0.1, 0.15) is 29.2 Å². The van der Waals surface area contributed by atoms with Crippen molar-refractivity contribution < 1.29 is 0 Å². The summed E-state index contributed by atoms with van der Waals surface area (Å²) in [6.07, 6.45) is 2.30. The molecule has 1 aliphatic carbocycles. The molecule has 2 aromatic carbocycles. The molecule has 2 aromatic rings. The first-order chi connectivity index (χ1) is 8.83. The molecule has 1 nitrogen and oxygen atoms in total. The molecule has 18 heavy (non-hydrogen) atoms. The molecule has 3 rings (SSSR count). The lowest BCUT2D eigenvalue weighted by Gasteiger charge is -2.14. The Morgan fingerprint density at radius 1 is 1.11 bits per heavy atom. The Morgan fingerprint density at radius 3 is 2.78 bits per heavy atom. The number of rotatable bonds is 3. The zero-order valence-corrected chi connectivity index (χ0v) is 11.0. The molecular formula is C16H16ClN. The van der Waals surface area contributed by atoms with E-state index in [0.717, 1.165) is 18.0 Å². The van der Waals surface area contributed by atoms with Crippen LogP contribution >= 0.6 is 11.6 Å². The average molecular weight is 258 g/mol. The first-order valence-electron chi connectivity index (χ1n) is 6.38. The van der Waals surface area contributed by atoms with Gasteiger partial charge in [-0.25, -0.2) is 0 Å². The van der Waals surface area contributed by atoms with Gasteiger partial charge in [-0.05, 0) is 41.7 Å². The van der Waals surface area contributed by atoms with Crippen LogP contribution in [-0.4, -0.2) is 0 Å². The van der Waals surface area contributed by atoms with Crippen molar-refractivity contribution in [1.82, 2.24) is 5.32 Å². The van der Waals surface area contributed by atoms with E-state index in [1.807, 2.05) is 6.07 Å². The molecule has 0 saturated heterocycles. The maximum absolute atomic E-state index is 6.02. The predicted octanol–water partition coefficient (Wildman–Crippen LogP) is 4.12. The van der Waals surface area contributed by atoms with Crippen molar-refractivity contribution in [1.29, 1.82) is 0 Å². The largest absolute Gasteiger partial charge is 0.306 e. The molecule has 1 aliphatic rings. The maximum atomic E-state index is 6.02. The molecule has 0 saturated carbocycles. The minimum Gasteiger partial charge on any atom is -0.306 e. The quantitative estimate of drug-likeness (QED) is 0.872. The number of nitrogens with one attached hydrogen (secondary N) is 1. The van der Waals surface area contributed by atoms with Crippen molar-refractivity contribution >= 4 is 11.6 Å². The molecule has 2 heteroatoms. The molecule has 0 bridgehead atoms. The smallest absolute Gasteiger partial charge is 0.0408 e. The summed E-state index contributed by atoms with van der Waals surface area (Å²) < 4.78 is 0. The molecule has 0 aromatic heterocycles. The number of halogens is 1.